The number of hydrogen-bond acceptors (Lipinski definition) is 2. The Morgan fingerprint density at radius 3 is 2.32 bits per heavy atom. The van der Waals surface area contributed by atoms with Crippen molar-refractivity contribution in [2.75, 3.05) is 5.73 Å². The first-order valence-corrected chi connectivity index (χ1v) is 7.34. The number of nitrogen functional groups attached to an aromatic ring is 1. The second-order valence-electron chi connectivity index (χ2n) is 5.83. The molecule has 19 heavy (non-hydrogen) atoms. The van der Waals surface area contributed by atoms with Crippen LogP contribution in [0.15, 0.2) is 0 Å². The van der Waals surface area contributed by atoms with Crippen LogP contribution in [0.1, 0.15) is 62.8 Å². The number of nitrogens with zero attached hydrogens (tertiary/aromatic N) is 2. The second-order valence-corrected chi connectivity index (χ2v) is 5.83. The Kier molecular flexibility index (Phi) is 5.95. The molecule has 0 aliphatic heterocycles. The molecule has 1 heterocycles. The minimum atomic E-state index is 0.639. The number of aromatic nitrogens is 1. The van der Waals surface area contributed by atoms with Crippen LogP contribution in [-0.2, 0) is 6.54 Å². The van der Waals surface area contributed by atoms with Crippen LogP contribution >= 0.6 is 0 Å². The lowest BCUT2D eigenvalue weighted by Gasteiger charge is -2.09. The monoisotopic (exact) mass is 261 g/mol. The maximum atomic E-state index is 9.09. The van der Waals surface area contributed by atoms with Gasteiger partial charge < -0.3 is 10.3 Å². The van der Waals surface area contributed by atoms with Gasteiger partial charge in [0.1, 0.15) is 11.9 Å². The molecule has 0 atom stereocenters. The molecule has 0 fully saturated rings. The summed E-state index contributed by atoms with van der Waals surface area (Å²) in [5.74, 6) is 1.45. The van der Waals surface area contributed by atoms with Crippen molar-refractivity contribution in [3.8, 4) is 6.07 Å². The Hall–Kier alpha value is -1.43. The molecule has 106 valence electrons. The van der Waals surface area contributed by atoms with E-state index < -0.39 is 0 Å². The lowest BCUT2D eigenvalue weighted by molar-refractivity contribution is 0.505. The summed E-state index contributed by atoms with van der Waals surface area (Å²) in [5, 5.41) is 9.09. The number of rotatable bonds is 7. The number of anilines is 1. The predicted octanol–water partition coefficient (Wildman–Crippen LogP) is 4.17. The van der Waals surface area contributed by atoms with E-state index in [9.17, 15) is 0 Å². The molecule has 2 N–H and O–H groups in total. The van der Waals surface area contributed by atoms with Gasteiger partial charge in [0.25, 0.3) is 0 Å². The molecule has 0 aliphatic carbocycles. The molecule has 0 saturated heterocycles. The first-order chi connectivity index (χ1) is 8.99. The summed E-state index contributed by atoms with van der Waals surface area (Å²) in [7, 11) is 0. The molecule has 0 spiro atoms. The smallest absolute Gasteiger partial charge is 0.122 e. The van der Waals surface area contributed by atoms with E-state index >= 15 is 0 Å². The highest BCUT2D eigenvalue weighted by Gasteiger charge is 2.14. The second kappa shape index (κ2) is 7.23. The van der Waals surface area contributed by atoms with Crippen LogP contribution in [0.5, 0.6) is 0 Å². The van der Waals surface area contributed by atoms with E-state index in [0.29, 0.717) is 11.4 Å². The fourth-order valence-corrected chi connectivity index (χ4v) is 2.50. The molecule has 0 aliphatic rings. The van der Waals surface area contributed by atoms with Gasteiger partial charge in [-0.25, -0.2) is 0 Å². The molecule has 3 nitrogen and oxygen atoms in total. The lowest BCUT2D eigenvalue weighted by atomic mass is 10.0. The van der Waals surface area contributed by atoms with Gasteiger partial charge in [0, 0.05) is 12.2 Å². The van der Waals surface area contributed by atoms with Gasteiger partial charge in [-0.15, -0.1) is 0 Å². The van der Waals surface area contributed by atoms with Crippen molar-refractivity contribution in [1.82, 2.24) is 4.57 Å². The van der Waals surface area contributed by atoms with Gasteiger partial charge in [0.2, 0.25) is 0 Å². The average molecular weight is 261 g/mol. The topological polar surface area (TPSA) is 54.7 Å². The Morgan fingerprint density at radius 1 is 1.16 bits per heavy atom. The fraction of sp³-hybridized carbons (Fsp3) is 0.688. The Bertz CT molecular complexity index is 450. The van der Waals surface area contributed by atoms with E-state index in [1.807, 2.05) is 13.8 Å². The number of nitrogens with two attached hydrogens (primary N) is 1. The summed E-state index contributed by atoms with van der Waals surface area (Å²) in [4.78, 5) is 0. The average Bonchev–Trinajstić information content (AvgIpc) is 2.56. The van der Waals surface area contributed by atoms with Crippen molar-refractivity contribution in [2.24, 2.45) is 5.92 Å². The molecule has 1 aromatic rings. The van der Waals surface area contributed by atoms with Crippen molar-refractivity contribution in [3.05, 3.63) is 16.8 Å². The van der Waals surface area contributed by atoms with Gasteiger partial charge in [0.15, 0.2) is 0 Å². The first kappa shape index (κ1) is 15.6. The zero-order valence-corrected chi connectivity index (χ0v) is 12.8. The van der Waals surface area contributed by atoms with Crippen molar-refractivity contribution >= 4 is 5.82 Å². The Balaban J connectivity index is 2.44. The molecule has 0 bridgehead atoms. The SMILES string of the molecule is Cc1c(C#N)c(N)n(CCCCCCC(C)C)c1C. The van der Waals surface area contributed by atoms with Gasteiger partial charge >= 0.3 is 0 Å². The van der Waals surface area contributed by atoms with E-state index in [1.165, 1.54) is 25.7 Å². The van der Waals surface area contributed by atoms with E-state index in [1.54, 1.807) is 0 Å². The predicted molar refractivity (Wildman–Crippen MR) is 81.0 cm³/mol. The van der Waals surface area contributed by atoms with Crippen LogP contribution in [0.2, 0.25) is 0 Å². The summed E-state index contributed by atoms with van der Waals surface area (Å²) in [5.41, 5.74) is 8.85. The number of hydrogen-bond donors (Lipinski definition) is 1. The lowest BCUT2D eigenvalue weighted by Crippen LogP contribution is -2.05. The molecule has 0 radical (unpaired) electrons. The summed E-state index contributed by atoms with van der Waals surface area (Å²) >= 11 is 0. The largest absolute Gasteiger partial charge is 0.384 e. The van der Waals surface area contributed by atoms with Crippen LogP contribution in [-0.4, -0.2) is 4.57 Å². The van der Waals surface area contributed by atoms with Gasteiger partial charge in [0.05, 0.1) is 5.56 Å². The van der Waals surface area contributed by atoms with E-state index in [2.05, 4.69) is 24.5 Å². The molecule has 3 heteroatoms. The van der Waals surface area contributed by atoms with Crippen LogP contribution < -0.4 is 5.73 Å². The highest BCUT2D eigenvalue weighted by Crippen LogP contribution is 2.24. The normalized spacial score (nSPS) is 10.9. The van der Waals surface area contributed by atoms with Crippen LogP contribution in [0.4, 0.5) is 5.82 Å². The molecule has 1 rings (SSSR count). The molecule has 0 aromatic carbocycles. The van der Waals surface area contributed by atoms with E-state index in [4.69, 9.17) is 11.0 Å². The third-order valence-corrected chi connectivity index (χ3v) is 3.89. The highest BCUT2D eigenvalue weighted by atomic mass is 15.1. The van der Waals surface area contributed by atoms with Crippen LogP contribution in [0.3, 0.4) is 0 Å². The Morgan fingerprint density at radius 2 is 1.79 bits per heavy atom. The fourth-order valence-electron chi connectivity index (χ4n) is 2.50. The summed E-state index contributed by atoms with van der Waals surface area (Å²) in [6, 6.07) is 2.20. The summed E-state index contributed by atoms with van der Waals surface area (Å²) in [6.45, 7) is 9.50. The highest BCUT2D eigenvalue weighted by molar-refractivity contribution is 5.57. The van der Waals surface area contributed by atoms with Crippen molar-refractivity contribution < 1.29 is 0 Å². The molecule has 0 unspecified atom stereocenters. The van der Waals surface area contributed by atoms with Gasteiger partial charge in [-0.3, -0.25) is 0 Å². The van der Waals surface area contributed by atoms with Crippen molar-refractivity contribution in [1.29, 1.82) is 5.26 Å². The molecular weight excluding hydrogens is 234 g/mol. The maximum Gasteiger partial charge on any atom is 0.122 e. The zero-order valence-electron chi connectivity index (χ0n) is 12.8. The summed E-state index contributed by atoms with van der Waals surface area (Å²) in [6.07, 6.45) is 6.32. The van der Waals surface area contributed by atoms with Gasteiger partial charge in [-0.2, -0.15) is 5.26 Å². The maximum absolute atomic E-state index is 9.09. The van der Waals surface area contributed by atoms with E-state index in [0.717, 1.165) is 30.1 Å². The van der Waals surface area contributed by atoms with Gasteiger partial charge in [-0.1, -0.05) is 39.5 Å². The van der Waals surface area contributed by atoms with Crippen LogP contribution in [0.25, 0.3) is 0 Å². The van der Waals surface area contributed by atoms with Gasteiger partial charge in [-0.05, 0) is 31.7 Å². The van der Waals surface area contributed by atoms with Crippen molar-refractivity contribution in [2.45, 2.75) is 66.3 Å². The number of nitriles is 1. The zero-order chi connectivity index (χ0) is 14.4. The van der Waals surface area contributed by atoms with E-state index in [-0.39, 0.29) is 0 Å². The quantitative estimate of drug-likeness (QED) is 0.749. The first-order valence-electron chi connectivity index (χ1n) is 7.34. The molecule has 0 saturated carbocycles. The molecular formula is C16H27N3. The third kappa shape index (κ3) is 4.02. The molecule has 1 aromatic heterocycles. The Labute approximate surface area is 117 Å². The molecule has 0 amide bonds. The minimum absolute atomic E-state index is 0.639. The standard InChI is InChI=1S/C16H27N3/c1-12(2)9-7-5-6-8-10-19-14(4)13(3)15(11-17)16(19)18/h12H,5-10,18H2,1-4H3. The van der Waals surface area contributed by atoms with Crippen molar-refractivity contribution in [3.63, 3.8) is 0 Å². The van der Waals surface area contributed by atoms with Crippen LogP contribution in [0, 0.1) is 31.1 Å². The number of unbranched alkanes of at least 4 members (excludes halogenated alkanes) is 3. The summed E-state index contributed by atoms with van der Waals surface area (Å²) < 4.78 is 2.09. The minimum Gasteiger partial charge on any atom is -0.384 e. The third-order valence-electron chi connectivity index (χ3n) is 3.89.